The van der Waals surface area contributed by atoms with E-state index < -0.39 is 246 Å². The van der Waals surface area contributed by atoms with E-state index in [2.05, 4.69) is 15.0 Å². The highest BCUT2D eigenvalue weighted by molar-refractivity contribution is 6.11. The fourth-order valence-corrected chi connectivity index (χ4v) is 5.89. The van der Waals surface area contributed by atoms with Crippen molar-refractivity contribution in [1.82, 2.24) is 24.1 Å². The third-order valence-electron chi connectivity index (χ3n) is 7.87. The topological polar surface area (TPSA) is 48.5 Å². The van der Waals surface area contributed by atoms with Crippen molar-refractivity contribution in [2.45, 2.75) is 0 Å². The smallest absolute Gasteiger partial charge is 0.168 e. The van der Waals surface area contributed by atoms with Crippen molar-refractivity contribution in [3.63, 3.8) is 0 Å². The second-order valence-electron chi connectivity index (χ2n) is 10.5. The van der Waals surface area contributed by atoms with E-state index in [0.717, 1.165) is 9.13 Å². The minimum absolute atomic E-state index is 0.422. The minimum Gasteiger partial charge on any atom is -0.308 e. The fraction of sp³-hybridized carbons (Fsp3) is 0. The normalized spacial score (nSPS) is 18.9. The van der Waals surface area contributed by atoms with E-state index in [1.54, 1.807) is 0 Å². The van der Waals surface area contributed by atoms with Crippen LogP contribution in [0.5, 0.6) is 0 Å². The molecule has 234 valence electrons. The van der Waals surface area contributed by atoms with Gasteiger partial charge in [0.2, 0.25) is 0 Å². The predicted molar refractivity (Wildman–Crippen MR) is 205 cm³/mol. The lowest BCUT2D eigenvalue weighted by Crippen LogP contribution is -2.07. The molecule has 0 aliphatic heterocycles. The van der Waals surface area contributed by atoms with Crippen LogP contribution in [0.25, 0.3) is 89.2 Å². The number of rotatable bonds is 5. The third kappa shape index (κ3) is 4.37. The molecule has 0 bridgehead atoms. The Labute approximate surface area is 324 Å². The second-order valence-corrected chi connectivity index (χ2v) is 10.5. The Hall–Kier alpha value is -6.85. The molecular weight excluding hydrogens is 611 g/mol. The second kappa shape index (κ2) is 11.4. The Balaban J connectivity index is 1.56. The van der Waals surface area contributed by atoms with Crippen LogP contribution in [0.15, 0.2) is 175 Å². The molecule has 3 heterocycles. The zero-order valence-electron chi connectivity index (χ0n) is 51.0. The number of benzene rings is 7. The maximum absolute atomic E-state index is 9.35. The van der Waals surface area contributed by atoms with Crippen LogP contribution in [0.4, 0.5) is 0 Å². The molecule has 0 aliphatic rings. The molecule has 0 saturated heterocycles. The Kier molecular flexibility index (Phi) is 2.86. The van der Waals surface area contributed by atoms with Gasteiger partial charge in [-0.3, -0.25) is 0 Å². The van der Waals surface area contributed by atoms with E-state index in [4.69, 9.17) is 30.2 Å². The van der Waals surface area contributed by atoms with Gasteiger partial charge in [0.05, 0.1) is 74.6 Å². The Bertz CT molecular complexity index is 3900. The molecule has 0 saturated carbocycles. The highest BCUT2D eigenvalue weighted by atomic mass is 15.1. The number of hydrogen-bond donors (Lipinski definition) is 0. The predicted octanol–water partition coefficient (Wildman–Crippen LogP) is 11.1. The van der Waals surface area contributed by atoms with Crippen LogP contribution in [0, 0.1) is 0 Å². The summed E-state index contributed by atoms with van der Waals surface area (Å²) < 4.78 is 232. The van der Waals surface area contributed by atoms with Gasteiger partial charge in [-0.05, 0) is 36.3 Å². The molecule has 10 aromatic rings. The van der Waals surface area contributed by atoms with Gasteiger partial charge in [-0.1, -0.05) is 139 Å². The molecule has 0 spiro atoms. The van der Waals surface area contributed by atoms with Gasteiger partial charge in [0, 0.05) is 32.7 Å². The Morgan fingerprint density at radius 3 is 1.06 bits per heavy atom. The zero-order valence-corrected chi connectivity index (χ0v) is 25.0. The van der Waals surface area contributed by atoms with Crippen molar-refractivity contribution in [2.75, 3.05) is 0 Å². The van der Waals surface area contributed by atoms with Crippen molar-refractivity contribution < 1.29 is 35.6 Å². The van der Waals surface area contributed by atoms with E-state index >= 15 is 0 Å². The summed E-state index contributed by atoms with van der Waals surface area (Å²) in [5.74, 6) is -2.42. The summed E-state index contributed by atoms with van der Waals surface area (Å²) in [6, 6.07) is -18.1. The van der Waals surface area contributed by atoms with Crippen molar-refractivity contribution in [3.8, 4) is 45.5 Å². The molecule has 0 radical (unpaired) electrons. The summed E-state index contributed by atoms with van der Waals surface area (Å²) in [6.45, 7) is 0. The maximum atomic E-state index is 9.35. The van der Waals surface area contributed by atoms with Gasteiger partial charge in [-0.2, -0.15) is 0 Å². The quantitative estimate of drug-likeness (QED) is 0.184. The number of para-hydroxylation sites is 4. The molecule has 5 nitrogen and oxygen atoms in total. The van der Waals surface area contributed by atoms with Crippen LogP contribution < -0.4 is 0 Å². The number of fused-ring (bicyclic) bond motifs is 6. The first-order chi connectivity index (χ1) is 35.6. The van der Waals surface area contributed by atoms with Gasteiger partial charge in [-0.25, -0.2) is 15.0 Å². The number of nitrogens with zero attached hydrogens (tertiary/aromatic N) is 5. The summed E-state index contributed by atoms with van der Waals surface area (Å²) in [7, 11) is 0. The summed E-state index contributed by atoms with van der Waals surface area (Å²) in [5, 5.41) is -1.72. The highest BCUT2D eigenvalue weighted by Gasteiger charge is 2.24. The first-order valence-electron chi connectivity index (χ1n) is 27.7. The standard InChI is InChI=1S/C45H29N5/c1-3-16-30(17-4-1)43-46-44(31-18-5-2-6-19-31)48-45(47-43)42-40(49-36-24-11-7-20-32(36)33-21-8-12-25-37(33)49)28-15-29-41(42)50-38-26-13-9-22-34(38)35-23-10-14-27-39(35)50/h1-29H/i1D,2D,3D,4D,5D,6D,7D,8D,9D,10D,11D,12D,13D,14D,16D,17D,18D,19D,20D,21D,22D,23D,24D,25D,26D,27D. The molecule has 10 rings (SSSR count). The lowest BCUT2D eigenvalue weighted by Gasteiger charge is -2.19. The molecule has 0 atom stereocenters. The monoisotopic (exact) mass is 665 g/mol. The SMILES string of the molecule is [2H]c1c([2H])c([2H])c(-c2nc(-c3c(-n4c5c([2H])c([2H])c([2H])c([2H])c5c5c([2H])c([2H])c([2H])c([2H])c54)cccc3-n3c4c([2H])c([2H])c([2H])c([2H])c4c4c([2H])c([2H])c([2H])c([2H])c43)nc(-c3c([2H])c([2H])c([2H])c([2H])c3[2H])n2)c([2H])c1[2H]. The van der Waals surface area contributed by atoms with Crippen LogP contribution in [-0.4, -0.2) is 24.1 Å². The molecule has 0 amide bonds. The van der Waals surface area contributed by atoms with Crippen LogP contribution in [-0.2, 0) is 0 Å². The average Bonchev–Trinajstić information content (AvgIpc) is 4.05. The fourth-order valence-electron chi connectivity index (χ4n) is 5.89. The first-order valence-corrected chi connectivity index (χ1v) is 14.7. The van der Waals surface area contributed by atoms with E-state index in [9.17, 15) is 5.48 Å². The van der Waals surface area contributed by atoms with E-state index in [1.807, 2.05) is 0 Å². The van der Waals surface area contributed by atoms with E-state index in [-0.39, 0.29) is 0 Å². The molecule has 5 heteroatoms. The molecule has 0 aliphatic carbocycles. The van der Waals surface area contributed by atoms with Gasteiger partial charge in [0.25, 0.3) is 0 Å². The zero-order chi connectivity index (χ0) is 55.6. The van der Waals surface area contributed by atoms with Crippen molar-refractivity contribution >= 4 is 43.6 Å². The molecule has 3 aromatic heterocycles. The van der Waals surface area contributed by atoms with E-state index in [1.165, 1.54) is 18.2 Å². The van der Waals surface area contributed by atoms with Crippen molar-refractivity contribution in [2.24, 2.45) is 0 Å². The number of hydrogen-bond acceptors (Lipinski definition) is 3. The largest absolute Gasteiger partial charge is 0.308 e. The summed E-state index contributed by atoms with van der Waals surface area (Å²) in [6.07, 6.45) is 0. The molecule has 7 aromatic carbocycles. The summed E-state index contributed by atoms with van der Waals surface area (Å²) in [4.78, 5) is 13.6. The Morgan fingerprint density at radius 2 is 0.680 bits per heavy atom. The highest BCUT2D eigenvalue weighted by Crippen LogP contribution is 2.41. The van der Waals surface area contributed by atoms with Gasteiger partial charge >= 0.3 is 0 Å². The van der Waals surface area contributed by atoms with Crippen LogP contribution in [0.3, 0.4) is 0 Å². The van der Waals surface area contributed by atoms with Crippen LogP contribution in [0.2, 0.25) is 0 Å². The van der Waals surface area contributed by atoms with Gasteiger partial charge < -0.3 is 9.13 Å². The lowest BCUT2D eigenvalue weighted by atomic mass is 10.1. The molecule has 0 unspecified atom stereocenters. The van der Waals surface area contributed by atoms with Gasteiger partial charge in [-0.15, -0.1) is 0 Å². The first kappa shape index (κ1) is 12.6. The molecule has 0 N–H and O–H groups in total. The van der Waals surface area contributed by atoms with Crippen molar-refractivity contribution in [1.29, 1.82) is 0 Å². The number of aromatic nitrogens is 5. The maximum Gasteiger partial charge on any atom is 0.168 e. The van der Waals surface area contributed by atoms with Gasteiger partial charge in [0.1, 0.15) is 0 Å². The van der Waals surface area contributed by atoms with Gasteiger partial charge in [0.15, 0.2) is 17.5 Å². The molecule has 0 fully saturated rings. The summed E-state index contributed by atoms with van der Waals surface area (Å²) in [5.41, 5.74) is -4.84. The lowest BCUT2D eigenvalue weighted by molar-refractivity contribution is 1.05. The Morgan fingerprint density at radius 1 is 0.360 bits per heavy atom. The van der Waals surface area contributed by atoms with Crippen molar-refractivity contribution in [3.05, 3.63) is 175 Å². The van der Waals surface area contributed by atoms with E-state index in [0.29, 0.717) is 0 Å². The average molecular weight is 666 g/mol. The minimum atomic E-state index is -0.910. The molecular formula is C45H29N5. The van der Waals surface area contributed by atoms with Crippen LogP contribution >= 0.6 is 0 Å². The summed E-state index contributed by atoms with van der Waals surface area (Å²) >= 11 is 0. The third-order valence-corrected chi connectivity index (χ3v) is 7.87. The van der Waals surface area contributed by atoms with Crippen LogP contribution in [0.1, 0.15) is 35.6 Å². The molecule has 50 heavy (non-hydrogen) atoms.